The second-order valence-electron chi connectivity index (χ2n) is 9.13. The summed E-state index contributed by atoms with van der Waals surface area (Å²) in [5.74, 6) is -2.25. The largest absolute Gasteiger partial charge is 0.435 e. The molecule has 37 heavy (non-hydrogen) atoms. The van der Waals surface area contributed by atoms with Crippen LogP contribution in [0.25, 0.3) is 0 Å². The monoisotopic (exact) mass is 572 g/mol. The van der Waals surface area contributed by atoms with Crippen molar-refractivity contribution in [1.82, 2.24) is 15.2 Å². The van der Waals surface area contributed by atoms with Crippen LogP contribution in [0.3, 0.4) is 0 Å². The van der Waals surface area contributed by atoms with Gasteiger partial charge in [0.25, 0.3) is 11.5 Å². The predicted octanol–water partition coefficient (Wildman–Crippen LogP) is 6.11. The summed E-state index contributed by atoms with van der Waals surface area (Å²) in [5, 5.41) is 4.26. The van der Waals surface area contributed by atoms with Crippen LogP contribution in [0, 0.1) is 5.82 Å². The van der Waals surface area contributed by atoms with E-state index in [1.807, 2.05) is 5.32 Å². The number of oxime groups is 1. The van der Waals surface area contributed by atoms with E-state index in [0.29, 0.717) is 11.1 Å². The fourth-order valence-electron chi connectivity index (χ4n) is 3.85. The third-order valence-corrected chi connectivity index (χ3v) is 6.71. The molecule has 6 nitrogen and oxygen atoms in total. The van der Waals surface area contributed by atoms with E-state index in [1.54, 1.807) is 0 Å². The van der Waals surface area contributed by atoms with Crippen LogP contribution in [0.5, 0.6) is 0 Å². The molecule has 4 rings (SSSR count). The summed E-state index contributed by atoms with van der Waals surface area (Å²) in [5.41, 5.74) is -5.33. The van der Waals surface area contributed by atoms with Crippen LogP contribution < -0.4 is 5.32 Å². The Labute approximate surface area is 215 Å². The minimum Gasteiger partial charge on any atom is -0.372 e. The van der Waals surface area contributed by atoms with Gasteiger partial charge < -0.3 is 15.1 Å². The first-order chi connectivity index (χ1) is 16.9. The average molecular weight is 573 g/mol. The molecule has 2 aromatic rings. The van der Waals surface area contributed by atoms with Gasteiger partial charge in [-0.2, -0.15) is 26.3 Å². The first kappa shape index (κ1) is 27.2. The van der Waals surface area contributed by atoms with Gasteiger partial charge in [0.1, 0.15) is 17.1 Å². The Bertz CT molecular complexity index is 1270. The van der Waals surface area contributed by atoms with Crippen molar-refractivity contribution in [2.24, 2.45) is 5.16 Å². The molecule has 2 aliphatic rings. The fourth-order valence-corrected chi connectivity index (χ4v) is 4.34. The molecule has 0 radical (unpaired) electrons. The molecule has 3 heterocycles. The molecule has 1 aromatic carbocycles. The van der Waals surface area contributed by atoms with Crippen LogP contribution in [-0.2, 0) is 23.5 Å². The maximum Gasteiger partial charge on any atom is 0.435 e. The van der Waals surface area contributed by atoms with Crippen molar-refractivity contribution in [3.05, 3.63) is 62.6 Å². The van der Waals surface area contributed by atoms with Gasteiger partial charge in [-0.25, -0.2) is 4.39 Å². The van der Waals surface area contributed by atoms with Gasteiger partial charge in [0.2, 0.25) is 0 Å². The Morgan fingerprint density at radius 1 is 1.05 bits per heavy atom. The lowest BCUT2D eigenvalue weighted by Crippen LogP contribution is -2.54. The number of carbonyl (C=O) groups is 1. The maximum absolute atomic E-state index is 14.2. The average Bonchev–Trinajstić information content (AvgIpc) is 3.40. The SMILES string of the molecule is CC(C)(NC(=O)c1cc2c(cn1)CN(C1=NOC(c3cc(Cl)c(F)c(Cl)c3)(C(F)(F)F)C1)C2)C(F)(F)F. The number of rotatable bonds is 3. The van der Waals surface area contributed by atoms with E-state index in [2.05, 4.69) is 10.1 Å². The van der Waals surface area contributed by atoms with E-state index in [4.69, 9.17) is 28.0 Å². The number of nitrogens with zero attached hydrogens (tertiary/aromatic N) is 3. The molecule has 1 atom stereocenters. The van der Waals surface area contributed by atoms with Gasteiger partial charge in [0, 0.05) is 24.8 Å². The number of amides is 1. The van der Waals surface area contributed by atoms with Gasteiger partial charge in [-0.15, -0.1) is 0 Å². The Kier molecular flexibility index (Phi) is 6.55. The molecule has 0 saturated heterocycles. The molecule has 0 bridgehead atoms. The smallest absolute Gasteiger partial charge is 0.372 e. The number of benzene rings is 1. The Morgan fingerprint density at radius 3 is 2.22 bits per heavy atom. The first-order valence-electron chi connectivity index (χ1n) is 10.5. The molecule has 1 unspecified atom stereocenters. The van der Waals surface area contributed by atoms with Crippen molar-refractivity contribution in [1.29, 1.82) is 0 Å². The van der Waals surface area contributed by atoms with Gasteiger partial charge in [-0.05, 0) is 43.2 Å². The summed E-state index contributed by atoms with van der Waals surface area (Å²) in [6, 6.07) is 2.80. The van der Waals surface area contributed by atoms with Crippen LogP contribution in [0.1, 0.15) is 47.4 Å². The van der Waals surface area contributed by atoms with E-state index in [0.717, 1.165) is 26.0 Å². The summed E-state index contributed by atoms with van der Waals surface area (Å²) in [7, 11) is 0. The molecule has 2 aliphatic heterocycles. The minimum atomic E-state index is -4.99. The molecule has 1 N–H and O–H groups in total. The number of hydrogen-bond donors (Lipinski definition) is 1. The molecular weight excluding hydrogens is 556 g/mol. The molecule has 1 amide bonds. The molecule has 1 aromatic heterocycles. The van der Waals surface area contributed by atoms with E-state index in [-0.39, 0.29) is 24.6 Å². The summed E-state index contributed by atoms with van der Waals surface area (Å²) < 4.78 is 95.8. The summed E-state index contributed by atoms with van der Waals surface area (Å²) >= 11 is 11.4. The fraction of sp³-hybridized carbons (Fsp3) is 0.409. The third kappa shape index (κ3) is 4.78. The van der Waals surface area contributed by atoms with Crippen LogP contribution in [-0.4, -0.2) is 39.5 Å². The van der Waals surface area contributed by atoms with Crippen molar-refractivity contribution >= 4 is 34.9 Å². The number of fused-ring (bicyclic) bond motifs is 1. The summed E-state index contributed by atoms with van der Waals surface area (Å²) in [4.78, 5) is 22.6. The zero-order valence-corrected chi connectivity index (χ0v) is 20.5. The van der Waals surface area contributed by atoms with Crippen molar-refractivity contribution in [3.63, 3.8) is 0 Å². The summed E-state index contributed by atoms with van der Waals surface area (Å²) in [6.07, 6.45) is -9.23. The highest BCUT2D eigenvalue weighted by molar-refractivity contribution is 6.35. The maximum atomic E-state index is 14.2. The highest BCUT2D eigenvalue weighted by atomic mass is 35.5. The number of halogens is 9. The molecule has 0 spiro atoms. The van der Waals surface area contributed by atoms with Gasteiger partial charge in [-0.3, -0.25) is 9.78 Å². The third-order valence-electron chi connectivity index (χ3n) is 6.16. The van der Waals surface area contributed by atoms with Gasteiger partial charge in [-0.1, -0.05) is 28.4 Å². The Hall–Kier alpha value is -2.80. The normalized spacial score (nSPS) is 20.0. The number of pyridine rings is 1. The Morgan fingerprint density at radius 2 is 1.65 bits per heavy atom. The first-order valence-corrected chi connectivity index (χ1v) is 11.3. The highest BCUT2D eigenvalue weighted by Crippen LogP contribution is 2.50. The van der Waals surface area contributed by atoms with Crippen LogP contribution in [0.15, 0.2) is 29.6 Å². The second-order valence-corrected chi connectivity index (χ2v) is 9.94. The molecule has 15 heteroatoms. The quantitative estimate of drug-likeness (QED) is 0.356. The summed E-state index contributed by atoms with van der Waals surface area (Å²) in [6.45, 7) is 1.64. The van der Waals surface area contributed by atoms with Crippen LogP contribution >= 0.6 is 23.2 Å². The number of aromatic nitrogens is 1. The van der Waals surface area contributed by atoms with Gasteiger partial charge in [0.15, 0.2) is 5.82 Å². The van der Waals surface area contributed by atoms with E-state index in [1.165, 1.54) is 17.2 Å². The van der Waals surface area contributed by atoms with E-state index < -0.39 is 57.2 Å². The number of alkyl halides is 6. The van der Waals surface area contributed by atoms with Gasteiger partial charge >= 0.3 is 12.4 Å². The van der Waals surface area contributed by atoms with Crippen LogP contribution in [0.4, 0.5) is 30.7 Å². The van der Waals surface area contributed by atoms with Crippen molar-refractivity contribution in [3.8, 4) is 0 Å². The number of nitrogens with one attached hydrogen (secondary N) is 1. The number of carbonyl (C=O) groups excluding carboxylic acids is 1. The molecule has 0 aliphatic carbocycles. The van der Waals surface area contributed by atoms with E-state index >= 15 is 0 Å². The van der Waals surface area contributed by atoms with Gasteiger partial charge in [0.05, 0.1) is 16.5 Å². The molecule has 0 saturated carbocycles. The topological polar surface area (TPSA) is 66.8 Å². The lowest BCUT2D eigenvalue weighted by Gasteiger charge is -2.30. The highest BCUT2D eigenvalue weighted by Gasteiger charge is 2.63. The van der Waals surface area contributed by atoms with E-state index in [9.17, 15) is 35.5 Å². The minimum absolute atomic E-state index is 0.0120. The standard InChI is InChI=1S/C22H17Cl2F7N4O2/c1-19(2,21(26,27)28)33-18(36)15-3-10-8-35(9-11(10)7-32-15)16-6-20(37-34-16,22(29,30)31)12-4-13(23)17(25)14(24)5-12/h3-5,7H,6,8-9H2,1-2H3,(H,33,36). The Balaban J connectivity index is 1.55. The lowest BCUT2D eigenvalue weighted by atomic mass is 9.89. The predicted molar refractivity (Wildman–Crippen MR) is 118 cm³/mol. The zero-order valence-electron chi connectivity index (χ0n) is 19.0. The molecule has 200 valence electrons. The number of amidine groups is 1. The molecule has 0 fully saturated rings. The van der Waals surface area contributed by atoms with Crippen molar-refractivity contribution in [2.75, 3.05) is 0 Å². The second kappa shape index (κ2) is 8.90. The zero-order chi connectivity index (χ0) is 27.6. The van der Waals surface area contributed by atoms with Crippen LogP contribution in [0.2, 0.25) is 10.0 Å². The van der Waals surface area contributed by atoms with Crippen molar-refractivity contribution in [2.45, 2.75) is 56.9 Å². The molecular formula is C22H17Cl2F7N4O2. The lowest BCUT2D eigenvalue weighted by molar-refractivity contribution is -0.275. The number of hydrogen-bond acceptors (Lipinski definition) is 5. The van der Waals surface area contributed by atoms with Crippen molar-refractivity contribution < 1.29 is 40.4 Å².